The fourth-order valence-electron chi connectivity index (χ4n) is 2.39. The standard InChI is InChI=1S/C13H24N2OS/c1-4-13(3,11(14)17)12(16)15-8-10-7-5-6-9(10)2/h9-10H,4-8H2,1-3H3,(H2,14,17)(H,15,16). The van der Waals surface area contributed by atoms with Crippen LogP contribution in [0.5, 0.6) is 0 Å². The van der Waals surface area contributed by atoms with Crippen LogP contribution in [-0.2, 0) is 4.79 Å². The Morgan fingerprint density at radius 3 is 2.59 bits per heavy atom. The van der Waals surface area contributed by atoms with Gasteiger partial charge < -0.3 is 11.1 Å². The molecule has 0 radical (unpaired) electrons. The number of carbonyl (C=O) groups excluding carboxylic acids is 1. The van der Waals surface area contributed by atoms with Gasteiger partial charge in [-0.25, -0.2) is 0 Å². The molecule has 1 aliphatic rings. The maximum atomic E-state index is 12.1. The van der Waals surface area contributed by atoms with Gasteiger partial charge in [0.1, 0.15) is 0 Å². The normalized spacial score (nSPS) is 27.5. The molecule has 3 unspecified atom stereocenters. The zero-order valence-electron chi connectivity index (χ0n) is 11.1. The molecule has 0 aromatic rings. The Kier molecular flexibility index (Phi) is 4.92. The van der Waals surface area contributed by atoms with E-state index >= 15 is 0 Å². The molecule has 0 aromatic carbocycles. The summed E-state index contributed by atoms with van der Waals surface area (Å²) in [7, 11) is 0. The van der Waals surface area contributed by atoms with Crippen molar-refractivity contribution in [3.8, 4) is 0 Å². The Labute approximate surface area is 110 Å². The maximum Gasteiger partial charge on any atom is 0.232 e. The quantitative estimate of drug-likeness (QED) is 0.742. The molecule has 3 N–H and O–H groups in total. The molecule has 98 valence electrons. The van der Waals surface area contributed by atoms with Crippen LogP contribution in [0.1, 0.15) is 46.5 Å². The molecule has 3 atom stereocenters. The van der Waals surface area contributed by atoms with Crippen LogP contribution < -0.4 is 11.1 Å². The maximum absolute atomic E-state index is 12.1. The molecule has 0 aliphatic heterocycles. The zero-order chi connectivity index (χ0) is 13.1. The molecule has 0 saturated heterocycles. The summed E-state index contributed by atoms with van der Waals surface area (Å²) in [6.07, 6.45) is 4.43. The van der Waals surface area contributed by atoms with Gasteiger partial charge in [-0.05, 0) is 31.6 Å². The summed E-state index contributed by atoms with van der Waals surface area (Å²) in [4.78, 5) is 12.4. The van der Waals surface area contributed by atoms with Gasteiger partial charge in [-0.15, -0.1) is 0 Å². The van der Waals surface area contributed by atoms with Gasteiger partial charge in [-0.2, -0.15) is 0 Å². The third kappa shape index (κ3) is 3.18. The van der Waals surface area contributed by atoms with Crippen molar-refractivity contribution < 1.29 is 4.79 Å². The highest BCUT2D eigenvalue weighted by atomic mass is 32.1. The van der Waals surface area contributed by atoms with E-state index in [9.17, 15) is 4.79 Å². The first-order valence-corrected chi connectivity index (χ1v) is 6.90. The van der Waals surface area contributed by atoms with E-state index in [0.29, 0.717) is 18.3 Å². The van der Waals surface area contributed by atoms with Gasteiger partial charge >= 0.3 is 0 Å². The number of amides is 1. The molecule has 1 aliphatic carbocycles. The first-order chi connectivity index (χ1) is 7.91. The molecule has 0 aromatic heterocycles. The Morgan fingerprint density at radius 2 is 2.18 bits per heavy atom. The van der Waals surface area contributed by atoms with Crippen LogP contribution in [0.2, 0.25) is 0 Å². The molecular weight excluding hydrogens is 232 g/mol. The average molecular weight is 256 g/mol. The lowest BCUT2D eigenvalue weighted by Crippen LogP contribution is -2.47. The number of hydrogen-bond acceptors (Lipinski definition) is 2. The SMILES string of the molecule is CCC(C)(C(=O)NCC1CCCC1C)C(N)=S. The molecule has 4 heteroatoms. The largest absolute Gasteiger partial charge is 0.392 e. The minimum Gasteiger partial charge on any atom is -0.392 e. The minimum absolute atomic E-state index is 0.0217. The van der Waals surface area contributed by atoms with Crippen molar-refractivity contribution in [1.29, 1.82) is 0 Å². The Balaban J connectivity index is 2.51. The molecule has 0 heterocycles. The van der Waals surface area contributed by atoms with Gasteiger partial charge in [-0.3, -0.25) is 4.79 Å². The minimum atomic E-state index is -0.697. The number of thiocarbonyl (C=S) groups is 1. The third-order valence-electron chi connectivity index (χ3n) is 4.32. The van der Waals surface area contributed by atoms with Gasteiger partial charge in [-0.1, -0.05) is 38.9 Å². The van der Waals surface area contributed by atoms with E-state index in [-0.39, 0.29) is 10.9 Å². The fourth-order valence-corrected chi connectivity index (χ4v) is 2.63. The van der Waals surface area contributed by atoms with E-state index < -0.39 is 5.41 Å². The highest BCUT2D eigenvalue weighted by Gasteiger charge is 2.35. The first kappa shape index (κ1) is 14.4. The van der Waals surface area contributed by atoms with Crippen LogP contribution in [0.25, 0.3) is 0 Å². The van der Waals surface area contributed by atoms with Gasteiger partial charge in [0.25, 0.3) is 0 Å². The number of hydrogen-bond donors (Lipinski definition) is 2. The van der Waals surface area contributed by atoms with Gasteiger partial charge in [0.05, 0.1) is 10.4 Å². The predicted octanol–water partition coefficient (Wildman–Crippen LogP) is 2.24. The summed E-state index contributed by atoms with van der Waals surface area (Å²) in [5.41, 5.74) is 4.97. The number of nitrogens with two attached hydrogens (primary N) is 1. The Morgan fingerprint density at radius 1 is 1.53 bits per heavy atom. The Bertz CT molecular complexity index is 306. The van der Waals surface area contributed by atoms with Crippen molar-refractivity contribution in [1.82, 2.24) is 5.32 Å². The molecular formula is C13H24N2OS. The smallest absolute Gasteiger partial charge is 0.232 e. The van der Waals surface area contributed by atoms with Crippen LogP contribution in [-0.4, -0.2) is 17.4 Å². The van der Waals surface area contributed by atoms with Gasteiger partial charge in [0, 0.05) is 6.54 Å². The third-order valence-corrected chi connectivity index (χ3v) is 4.77. The molecule has 3 nitrogen and oxygen atoms in total. The lowest BCUT2D eigenvalue weighted by atomic mass is 9.86. The molecule has 1 saturated carbocycles. The van der Waals surface area contributed by atoms with Crippen molar-refractivity contribution >= 4 is 23.1 Å². The number of carbonyl (C=O) groups is 1. The van der Waals surface area contributed by atoms with Crippen molar-refractivity contribution in [3.63, 3.8) is 0 Å². The molecule has 0 spiro atoms. The summed E-state index contributed by atoms with van der Waals surface area (Å²) in [5, 5.41) is 3.02. The van der Waals surface area contributed by atoms with Crippen LogP contribution >= 0.6 is 12.2 Å². The number of rotatable bonds is 5. The van der Waals surface area contributed by atoms with Crippen LogP contribution in [0, 0.1) is 17.3 Å². The zero-order valence-corrected chi connectivity index (χ0v) is 11.9. The average Bonchev–Trinajstić information content (AvgIpc) is 2.70. The van der Waals surface area contributed by atoms with E-state index in [1.165, 1.54) is 19.3 Å². The van der Waals surface area contributed by atoms with Crippen molar-refractivity contribution in [2.24, 2.45) is 23.0 Å². The summed E-state index contributed by atoms with van der Waals surface area (Å²) >= 11 is 4.99. The summed E-state index contributed by atoms with van der Waals surface area (Å²) in [6, 6.07) is 0. The van der Waals surface area contributed by atoms with Crippen LogP contribution in [0.3, 0.4) is 0 Å². The van der Waals surface area contributed by atoms with E-state index in [0.717, 1.165) is 6.54 Å². The lowest BCUT2D eigenvalue weighted by Gasteiger charge is -2.27. The highest BCUT2D eigenvalue weighted by Crippen LogP contribution is 2.31. The first-order valence-electron chi connectivity index (χ1n) is 6.50. The summed E-state index contributed by atoms with van der Waals surface area (Å²) < 4.78 is 0. The topological polar surface area (TPSA) is 55.1 Å². The fraction of sp³-hybridized carbons (Fsp3) is 0.846. The lowest BCUT2D eigenvalue weighted by molar-refractivity contribution is -0.127. The van der Waals surface area contributed by atoms with E-state index in [2.05, 4.69) is 12.2 Å². The highest BCUT2D eigenvalue weighted by molar-refractivity contribution is 7.80. The van der Waals surface area contributed by atoms with E-state index in [4.69, 9.17) is 18.0 Å². The van der Waals surface area contributed by atoms with Crippen molar-refractivity contribution in [2.45, 2.75) is 46.5 Å². The summed E-state index contributed by atoms with van der Waals surface area (Å²) in [6.45, 7) is 6.79. The molecule has 17 heavy (non-hydrogen) atoms. The Hall–Kier alpha value is -0.640. The van der Waals surface area contributed by atoms with Crippen LogP contribution in [0.4, 0.5) is 0 Å². The second-order valence-corrected chi connectivity index (χ2v) is 5.87. The van der Waals surface area contributed by atoms with Gasteiger partial charge in [0.15, 0.2) is 0 Å². The molecule has 1 fully saturated rings. The predicted molar refractivity (Wildman–Crippen MR) is 74.7 cm³/mol. The molecule has 1 amide bonds. The van der Waals surface area contributed by atoms with Crippen molar-refractivity contribution in [2.75, 3.05) is 6.54 Å². The second kappa shape index (κ2) is 5.80. The summed E-state index contributed by atoms with van der Waals surface area (Å²) in [5.74, 6) is 1.31. The van der Waals surface area contributed by atoms with Crippen LogP contribution in [0.15, 0.2) is 0 Å². The van der Waals surface area contributed by atoms with E-state index in [1.54, 1.807) is 0 Å². The second-order valence-electron chi connectivity index (χ2n) is 5.43. The molecule has 1 rings (SSSR count). The van der Waals surface area contributed by atoms with Gasteiger partial charge in [0.2, 0.25) is 5.91 Å². The molecule has 0 bridgehead atoms. The number of nitrogens with one attached hydrogen (secondary N) is 1. The van der Waals surface area contributed by atoms with E-state index in [1.807, 2.05) is 13.8 Å². The van der Waals surface area contributed by atoms with Crippen molar-refractivity contribution in [3.05, 3.63) is 0 Å². The monoisotopic (exact) mass is 256 g/mol.